The lowest BCUT2D eigenvalue weighted by Gasteiger charge is -2.20. The molecule has 0 aromatic carbocycles. The molecule has 142 valence electrons. The molecule has 1 aliphatic rings. The minimum absolute atomic E-state index is 0.0662. The zero-order valence-electron chi connectivity index (χ0n) is 15.1. The first-order chi connectivity index (χ1) is 11.7. The number of aliphatic hydroxyl groups excluding tert-OH is 3. The molecule has 1 fully saturated rings. The molecule has 3 N–H and O–H groups in total. The van der Waals surface area contributed by atoms with E-state index in [1.54, 1.807) is 0 Å². The number of unbranched alkanes of at least 4 members (excludes halogenated alkanes) is 7. The van der Waals surface area contributed by atoms with E-state index in [9.17, 15) is 15.3 Å². The molecule has 1 heterocycles. The number of allylic oxidation sites excluding steroid dienone is 2. The van der Waals surface area contributed by atoms with E-state index in [0.717, 1.165) is 12.8 Å². The highest BCUT2D eigenvalue weighted by atomic mass is 16.5. The largest absolute Gasteiger partial charge is 0.388 e. The summed E-state index contributed by atoms with van der Waals surface area (Å²) in [5.74, 6) is 0. The summed E-state index contributed by atoms with van der Waals surface area (Å²) in [4.78, 5) is 0. The van der Waals surface area contributed by atoms with Crippen LogP contribution >= 0.6 is 0 Å². The average Bonchev–Trinajstić information content (AvgIpc) is 2.91. The van der Waals surface area contributed by atoms with E-state index in [-0.39, 0.29) is 13.2 Å². The van der Waals surface area contributed by atoms with Gasteiger partial charge in [-0.2, -0.15) is 0 Å². The molecule has 0 bridgehead atoms. The van der Waals surface area contributed by atoms with Crippen LogP contribution in [0.15, 0.2) is 12.2 Å². The van der Waals surface area contributed by atoms with Crippen molar-refractivity contribution >= 4 is 0 Å². The quantitative estimate of drug-likeness (QED) is 0.333. The smallest absolute Gasteiger partial charge is 0.114 e. The first-order valence-electron chi connectivity index (χ1n) is 9.55. The summed E-state index contributed by atoms with van der Waals surface area (Å²) in [5.41, 5.74) is 0. The summed E-state index contributed by atoms with van der Waals surface area (Å²) in [5, 5.41) is 28.9. The van der Waals surface area contributed by atoms with Gasteiger partial charge in [-0.1, -0.05) is 51.2 Å². The molecule has 0 amide bonds. The van der Waals surface area contributed by atoms with Crippen molar-refractivity contribution < 1.29 is 24.8 Å². The van der Waals surface area contributed by atoms with Crippen molar-refractivity contribution in [2.45, 2.75) is 89.1 Å². The summed E-state index contributed by atoms with van der Waals surface area (Å²) in [6, 6.07) is 0. The highest BCUT2D eigenvalue weighted by molar-refractivity contribution is 4.87. The van der Waals surface area contributed by atoms with Crippen LogP contribution in [-0.4, -0.2) is 59.6 Å². The Morgan fingerprint density at radius 3 is 2.38 bits per heavy atom. The second kappa shape index (κ2) is 13.8. The van der Waals surface area contributed by atoms with Crippen molar-refractivity contribution in [3.63, 3.8) is 0 Å². The van der Waals surface area contributed by atoms with Crippen molar-refractivity contribution in [2.24, 2.45) is 0 Å². The Balaban J connectivity index is 1.86. The minimum atomic E-state index is -1.03. The molecule has 0 aliphatic carbocycles. The number of hydrogen-bond acceptors (Lipinski definition) is 5. The number of rotatable bonds is 14. The molecule has 0 radical (unpaired) electrons. The van der Waals surface area contributed by atoms with E-state index in [2.05, 4.69) is 19.1 Å². The fourth-order valence-corrected chi connectivity index (χ4v) is 2.82. The number of hydrogen-bond donors (Lipinski definition) is 3. The molecule has 1 rings (SSSR count). The Morgan fingerprint density at radius 1 is 1.04 bits per heavy atom. The third-order valence-corrected chi connectivity index (χ3v) is 4.41. The van der Waals surface area contributed by atoms with Crippen LogP contribution < -0.4 is 0 Å². The maximum absolute atomic E-state index is 9.89. The normalized spacial score (nSPS) is 25.6. The second-order valence-corrected chi connectivity index (χ2v) is 6.67. The first kappa shape index (κ1) is 21.6. The highest BCUT2D eigenvalue weighted by Gasteiger charge is 2.39. The van der Waals surface area contributed by atoms with Gasteiger partial charge in [0.15, 0.2) is 0 Å². The van der Waals surface area contributed by atoms with E-state index in [4.69, 9.17) is 9.47 Å². The van der Waals surface area contributed by atoms with Gasteiger partial charge in [0.05, 0.1) is 13.2 Å². The van der Waals surface area contributed by atoms with Gasteiger partial charge in [-0.15, -0.1) is 0 Å². The van der Waals surface area contributed by atoms with Crippen molar-refractivity contribution in [1.82, 2.24) is 0 Å². The Morgan fingerprint density at radius 2 is 1.71 bits per heavy atom. The van der Waals surface area contributed by atoms with Crippen LogP contribution in [0.4, 0.5) is 0 Å². The van der Waals surface area contributed by atoms with Gasteiger partial charge in [0.25, 0.3) is 0 Å². The third kappa shape index (κ3) is 9.14. The summed E-state index contributed by atoms with van der Waals surface area (Å²) in [6.45, 7) is 3.03. The lowest BCUT2D eigenvalue weighted by Crippen LogP contribution is -2.40. The lowest BCUT2D eigenvalue weighted by atomic mass is 10.1. The monoisotopic (exact) mass is 344 g/mol. The molecule has 0 unspecified atom stereocenters. The third-order valence-electron chi connectivity index (χ3n) is 4.41. The topological polar surface area (TPSA) is 79.2 Å². The summed E-state index contributed by atoms with van der Waals surface area (Å²) < 4.78 is 10.6. The second-order valence-electron chi connectivity index (χ2n) is 6.67. The van der Waals surface area contributed by atoms with Gasteiger partial charge in [-0.05, 0) is 25.7 Å². The maximum Gasteiger partial charge on any atom is 0.114 e. The van der Waals surface area contributed by atoms with E-state index in [1.807, 2.05) is 0 Å². The lowest BCUT2D eigenvalue weighted by molar-refractivity contribution is -0.0813. The van der Waals surface area contributed by atoms with Crippen molar-refractivity contribution in [2.75, 3.05) is 19.8 Å². The van der Waals surface area contributed by atoms with Gasteiger partial charge in [0, 0.05) is 6.61 Å². The van der Waals surface area contributed by atoms with Crippen molar-refractivity contribution in [1.29, 1.82) is 0 Å². The SMILES string of the molecule is CCCC/C=C/CCCCCCCOC[C@@H](O)[C@H]1OC[C@H](O)[C@H]1O. The molecule has 1 saturated heterocycles. The van der Waals surface area contributed by atoms with E-state index < -0.39 is 24.4 Å². The molecule has 5 nitrogen and oxygen atoms in total. The molecule has 0 aromatic rings. The van der Waals surface area contributed by atoms with Gasteiger partial charge in [-0.3, -0.25) is 0 Å². The standard InChI is InChI=1S/C19H36O5/c1-2-3-4-5-6-7-8-9-10-11-12-13-23-14-17(21)19-18(22)16(20)15-24-19/h5-6,16-22H,2-4,7-15H2,1H3/b6-5+/t16-,17+,18+,19+/m0/s1. The molecular weight excluding hydrogens is 308 g/mol. The van der Waals surface area contributed by atoms with Crippen LogP contribution in [0, 0.1) is 0 Å². The Kier molecular flexibility index (Phi) is 12.4. The van der Waals surface area contributed by atoms with Crippen molar-refractivity contribution in [3.05, 3.63) is 12.2 Å². The van der Waals surface area contributed by atoms with Gasteiger partial charge in [0.1, 0.15) is 24.4 Å². The van der Waals surface area contributed by atoms with Crippen LogP contribution in [0.1, 0.15) is 64.7 Å². The number of aliphatic hydroxyl groups is 3. The van der Waals surface area contributed by atoms with Crippen LogP contribution in [0.25, 0.3) is 0 Å². The van der Waals surface area contributed by atoms with Crippen LogP contribution in [0.5, 0.6) is 0 Å². The van der Waals surface area contributed by atoms with E-state index >= 15 is 0 Å². The Labute approximate surface area is 146 Å². The van der Waals surface area contributed by atoms with Gasteiger partial charge >= 0.3 is 0 Å². The maximum atomic E-state index is 9.89. The van der Waals surface area contributed by atoms with E-state index in [0.29, 0.717) is 6.61 Å². The van der Waals surface area contributed by atoms with Crippen LogP contribution in [0.3, 0.4) is 0 Å². The molecule has 0 saturated carbocycles. The van der Waals surface area contributed by atoms with Crippen molar-refractivity contribution in [3.8, 4) is 0 Å². The predicted molar refractivity (Wildman–Crippen MR) is 94.9 cm³/mol. The highest BCUT2D eigenvalue weighted by Crippen LogP contribution is 2.17. The molecule has 0 aromatic heterocycles. The van der Waals surface area contributed by atoms with Gasteiger partial charge in [-0.25, -0.2) is 0 Å². The molecule has 1 aliphatic heterocycles. The van der Waals surface area contributed by atoms with Gasteiger partial charge < -0.3 is 24.8 Å². The first-order valence-corrected chi connectivity index (χ1v) is 9.55. The predicted octanol–water partition coefficient (Wildman–Crippen LogP) is 2.57. The molecule has 4 atom stereocenters. The summed E-state index contributed by atoms with van der Waals surface area (Å²) in [7, 11) is 0. The average molecular weight is 344 g/mol. The van der Waals surface area contributed by atoms with Gasteiger partial charge in [0.2, 0.25) is 0 Å². The van der Waals surface area contributed by atoms with E-state index in [1.165, 1.54) is 44.9 Å². The Bertz CT molecular complexity index is 321. The zero-order chi connectivity index (χ0) is 17.6. The molecular formula is C19H36O5. The molecule has 0 spiro atoms. The summed E-state index contributed by atoms with van der Waals surface area (Å²) >= 11 is 0. The Hall–Kier alpha value is -0.460. The summed E-state index contributed by atoms with van der Waals surface area (Å²) in [6.07, 6.45) is 11.8. The number of ether oxygens (including phenoxy) is 2. The fourth-order valence-electron chi connectivity index (χ4n) is 2.82. The van der Waals surface area contributed by atoms with Crippen LogP contribution in [-0.2, 0) is 9.47 Å². The zero-order valence-corrected chi connectivity index (χ0v) is 15.1. The minimum Gasteiger partial charge on any atom is -0.388 e. The molecule has 5 heteroatoms. The fraction of sp³-hybridized carbons (Fsp3) is 0.895. The molecule has 24 heavy (non-hydrogen) atoms. The van der Waals surface area contributed by atoms with Crippen LogP contribution in [0.2, 0.25) is 0 Å².